The van der Waals surface area contributed by atoms with Gasteiger partial charge in [-0.05, 0) is 73.0 Å². The van der Waals surface area contributed by atoms with Crippen LogP contribution in [0.5, 0.6) is 0 Å². The molecule has 174 valence electrons. The van der Waals surface area contributed by atoms with Crippen molar-refractivity contribution in [2.24, 2.45) is 0 Å². The fourth-order valence-corrected chi connectivity index (χ4v) is 4.48. The number of hydrogen-bond acceptors (Lipinski definition) is 5. The van der Waals surface area contributed by atoms with Crippen molar-refractivity contribution in [1.82, 2.24) is 20.1 Å². The predicted molar refractivity (Wildman–Crippen MR) is 131 cm³/mol. The van der Waals surface area contributed by atoms with E-state index in [0.717, 1.165) is 16.7 Å². The van der Waals surface area contributed by atoms with Gasteiger partial charge in [-0.25, -0.2) is 18.1 Å². The second-order valence-corrected chi connectivity index (χ2v) is 9.79. The van der Waals surface area contributed by atoms with Gasteiger partial charge in [0.1, 0.15) is 0 Å². The molecule has 2 heterocycles. The summed E-state index contributed by atoms with van der Waals surface area (Å²) in [5.74, 6) is 0.154. The molecule has 4 rings (SSSR count). The van der Waals surface area contributed by atoms with Crippen LogP contribution in [0.2, 0.25) is 5.02 Å². The van der Waals surface area contributed by atoms with Gasteiger partial charge in [0.15, 0.2) is 5.82 Å². The van der Waals surface area contributed by atoms with E-state index < -0.39 is 15.9 Å². The van der Waals surface area contributed by atoms with Crippen LogP contribution < -0.4 is 10.0 Å². The van der Waals surface area contributed by atoms with E-state index in [1.165, 1.54) is 18.2 Å². The molecule has 0 bridgehead atoms. The van der Waals surface area contributed by atoms with Crippen molar-refractivity contribution in [3.05, 3.63) is 100 Å². The molecule has 2 aromatic carbocycles. The average Bonchev–Trinajstić information content (AvgIpc) is 3.35. The minimum Gasteiger partial charge on any atom is -0.348 e. The molecule has 0 unspecified atom stereocenters. The Kier molecular flexibility index (Phi) is 6.67. The number of hydrogen-bond donors (Lipinski definition) is 2. The third-order valence-electron chi connectivity index (χ3n) is 5.25. The van der Waals surface area contributed by atoms with Crippen molar-refractivity contribution in [3.63, 3.8) is 0 Å². The van der Waals surface area contributed by atoms with Crippen molar-refractivity contribution in [2.45, 2.75) is 25.3 Å². The molecule has 0 saturated heterocycles. The number of aromatic nitrogens is 3. The van der Waals surface area contributed by atoms with Crippen LogP contribution in [0.1, 0.15) is 27.0 Å². The monoisotopic (exact) mass is 495 g/mol. The van der Waals surface area contributed by atoms with Gasteiger partial charge < -0.3 is 5.32 Å². The van der Waals surface area contributed by atoms with Gasteiger partial charge >= 0.3 is 0 Å². The van der Waals surface area contributed by atoms with Crippen LogP contribution in [0.3, 0.4) is 0 Å². The molecule has 34 heavy (non-hydrogen) atoms. The van der Waals surface area contributed by atoms with Gasteiger partial charge in [-0.1, -0.05) is 23.7 Å². The number of aryl methyl sites for hydroxylation is 2. The number of sulfonamides is 1. The molecule has 0 aliphatic carbocycles. The molecule has 1 amide bonds. The Bertz CT molecular complexity index is 1440. The molecule has 10 heteroatoms. The molecular weight excluding hydrogens is 474 g/mol. The number of nitrogens with zero attached hydrogens (tertiary/aromatic N) is 3. The second kappa shape index (κ2) is 9.66. The summed E-state index contributed by atoms with van der Waals surface area (Å²) in [6.45, 7) is 4.04. The Hall–Kier alpha value is -3.69. The summed E-state index contributed by atoms with van der Waals surface area (Å²) < 4.78 is 30.0. The highest BCUT2D eigenvalue weighted by molar-refractivity contribution is 7.92. The van der Waals surface area contributed by atoms with Crippen molar-refractivity contribution >= 4 is 33.2 Å². The lowest BCUT2D eigenvalue weighted by atomic mass is 10.1. The maximum atomic E-state index is 12.9. The molecule has 0 radical (unpaired) electrons. The standard InChI is InChI=1S/C24H22ClN5O3S/c1-16-4-6-19(12-17(16)2)29-34(32,33)20-7-8-22(25)21(13-20)24(31)27-15-18-5-9-23(26-14-18)30-11-3-10-28-30/h3-14,29H,15H2,1-2H3,(H,27,31). The minimum atomic E-state index is -3.92. The van der Waals surface area contributed by atoms with Gasteiger partial charge in [0.2, 0.25) is 0 Å². The summed E-state index contributed by atoms with van der Waals surface area (Å²) in [7, 11) is -3.92. The first kappa shape index (κ1) is 23.5. The SMILES string of the molecule is Cc1ccc(NS(=O)(=O)c2ccc(Cl)c(C(=O)NCc3ccc(-n4cccn4)nc3)c2)cc1C. The van der Waals surface area contributed by atoms with Gasteiger partial charge in [-0.2, -0.15) is 5.10 Å². The van der Waals surface area contributed by atoms with Gasteiger partial charge in [-0.3, -0.25) is 9.52 Å². The summed E-state index contributed by atoms with van der Waals surface area (Å²) >= 11 is 6.20. The normalized spacial score (nSPS) is 11.3. The minimum absolute atomic E-state index is 0.0609. The van der Waals surface area contributed by atoms with Crippen molar-refractivity contribution in [1.29, 1.82) is 0 Å². The fourth-order valence-electron chi connectivity index (χ4n) is 3.20. The summed E-state index contributed by atoms with van der Waals surface area (Å²) in [6, 6.07) is 14.7. The van der Waals surface area contributed by atoms with Gasteiger partial charge in [0.05, 0.1) is 15.5 Å². The summed E-state index contributed by atoms with van der Waals surface area (Å²) in [5.41, 5.74) is 3.28. The number of carbonyl (C=O) groups is 1. The fraction of sp³-hybridized carbons (Fsp3) is 0.125. The van der Waals surface area contributed by atoms with Crippen LogP contribution in [-0.4, -0.2) is 29.1 Å². The number of anilines is 1. The Morgan fingerprint density at radius 1 is 1.06 bits per heavy atom. The molecule has 2 aromatic heterocycles. The number of nitrogens with one attached hydrogen (secondary N) is 2. The van der Waals surface area contributed by atoms with Gasteiger partial charge in [0.25, 0.3) is 15.9 Å². The lowest BCUT2D eigenvalue weighted by Gasteiger charge is -2.12. The van der Waals surface area contributed by atoms with E-state index in [0.29, 0.717) is 11.5 Å². The maximum absolute atomic E-state index is 12.9. The molecule has 2 N–H and O–H groups in total. The molecule has 0 saturated carbocycles. The highest BCUT2D eigenvalue weighted by atomic mass is 35.5. The highest BCUT2D eigenvalue weighted by Crippen LogP contribution is 2.23. The molecule has 0 aliphatic rings. The molecular formula is C24H22ClN5O3S. The summed E-state index contributed by atoms with van der Waals surface area (Å²) in [4.78, 5) is 17.0. The van der Waals surface area contributed by atoms with Crippen LogP contribution >= 0.6 is 11.6 Å². The Morgan fingerprint density at radius 3 is 2.56 bits per heavy atom. The largest absolute Gasteiger partial charge is 0.348 e. The Balaban J connectivity index is 1.47. The molecule has 0 fully saturated rings. The number of pyridine rings is 1. The van der Waals surface area contributed by atoms with Crippen LogP contribution in [0.4, 0.5) is 5.69 Å². The van der Waals surface area contributed by atoms with Crippen molar-refractivity contribution in [2.75, 3.05) is 4.72 Å². The number of rotatable bonds is 7. The van der Waals surface area contributed by atoms with Crippen LogP contribution in [0, 0.1) is 13.8 Å². The molecule has 8 nitrogen and oxygen atoms in total. The molecule has 0 spiro atoms. The lowest BCUT2D eigenvalue weighted by molar-refractivity contribution is 0.0951. The van der Waals surface area contributed by atoms with Crippen LogP contribution in [-0.2, 0) is 16.6 Å². The van der Waals surface area contributed by atoms with E-state index in [-0.39, 0.29) is 22.0 Å². The average molecular weight is 496 g/mol. The zero-order chi connectivity index (χ0) is 24.3. The zero-order valence-corrected chi connectivity index (χ0v) is 20.1. The van der Waals surface area contributed by atoms with E-state index in [9.17, 15) is 13.2 Å². The molecule has 4 aromatic rings. The third kappa shape index (κ3) is 5.27. The highest BCUT2D eigenvalue weighted by Gasteiger charge is 2.19. The summed E-state index contributed by atoms with van der Waals surface area (Å²) in [6.07, 6.45) is 5.07. The van der Waals surface area contributed by atoms with E-state index in [4.69, 9.17) is 11.6 Å². The molecule has 0 atom stereocenters. The van der Waals surface area contributed by atoms with Gasteiger partial charge in [-0.15, -0.1) is 0 Å². The van der Waals surface area contributed by atoms with E-state index in [2.05, 4.69) is 20.1 Å². The van der Waals surface area contributed by atoms with E-state index in [1.807, 2.05) is 26.0 Å². The van der Waals surface area contributed by atoms with E-state index >= 15 is 0 Å². The second-order valence-electron chi connectivity index (χ2n) is 7.70. The number of amides is 1. The first-order chi connectivity index (χ1) is 16.2. The van der Waals surface area contributed by atoms with Gasteiger partial charge in [0, 0.05) is 30.8 Å². The van der Waals surface area contributed by atoms with Crippen molar-refractivity contribution < 1.29 is 13.2 Å². The summed E-state index contributed by atoms with van der Waals surface area (Å²) in [5, 5.41) is 7.02. The van der Waals surface area contributed by atoms with E-state index in [1.54, 1.807) is 47.5 Å². The number of halogens is 1. The first-order valence-corrected chi connectivity index (χ1v) is 12.2. The zero-order valence-electron chi connectivity index (χ0n) is 18.5. The Labute approximate surface area is 202 Å². The number of benzene rings is 2. The lowest BCUT2D eigenvalue weighted by Crippen LogP contribution is -2.24. The first-order valence-electron chi connectivity index (χ1n) is 10.4. The topological polar surface area (TPSA) is 106 Å². The third-order valence-corrected chi connectivity index (χ3v) is 6.96. The maximum Gasteiger partial charge on any atom is 0.261 e. The molecule has 0 aliphatic heterocycles. The van der Waals surface area contributed by atoms with Crippen LogP contribution in [0.25, 0.3) is 5.82 Å². The quantitative estimate of drug-likeness (QED) is 0.398. The van der Waals surface area contributed by atoms with Crippen LogP contribution in [0.15, 0.2) is 78.1 Å². The van der Waals surface area contributed by atoms with Crippen molar-refractivity contribution in [3.8, 4) is 5.82 Å². The predicted octanol–water partition coefficient (Wildman–Crippen LogP) is 4.27. The number of carbonyl (C=O) groups excluding carboxylic acids is 1. The smallest absolute Gasteiger partial charge is 0.261 e. The Morgan fingerprint density at radius 2 is 1.88 bits per heavy atom.